The fraction of sp³-hybridized carbons (Fsp3) is 0.571. The average Bonchev–Trinajstić information content (AvgIpc) is 3.18. The molecule has 1 saturated carbocycles. The normalized spacial score (nSPS) is 40.5. The first-order valence-corrected chi connectivity index (χ1v) is 10.6. The lowest BCUT2D eigenvalue weighted by Crippen LogP contribution is -2.63. The van der Waals surface area contributed by atoms with Crippen LogP contribution < -0.4 is 5.32 Å². The number of carbonyl (C=O) groups is 3. The SMILES string of the molecule is O=C(O)C[C@@H]1OCC=C2CN3CCC45C6=CC(=O)C(=O)C([N+](=O)[O-])=C6N[C@H]4[C@H]1[C@H]2C[C@H]35. The van der Waals surface area contributed by atoms with E-state index in [0.717, 1.165) is 19.5 Å². The topological polar surface area (TPSA) is 139 Å². The fourth-order valence-electron chi connectivity index (χ4n) is 7.23. The number of Topliss-reactive ketones (excluding diaryl/α,β-unsaturated/α-hetero) is 1. The van der Waals surface area contributed by atoms with Crippen LogP contribution in [-0.4, -0.2) is 70.3 Å². The Morgan fingerprint density at radius 2 is 2.23 bits per heavy atom. The number of nitrogens with zero attached hydrogens (tertiary/aromatic N) is 2. The highest BCUT2D eigenvalue weighted by molar-refractivity contribution is 6.48. The quantitative estimate of drug-likeness (QED) is 0.210. The molecule has 6 atom stereocenters. The van der Waals surface area contributed by atoms with Crippen LogP contribution in [0.5, 0.6) is 0 Å². The maximum absolute atomic E-state index is 12.4. The van der Waals surface area contributed by atoms with Gasteiger partial charge in [0.25, 0.3) is 0 Å². The lowest BCUT2D eigenvalue weighted by atomic mass is 9.54. The second-order valence-corrected chi connectivity index (χ2v) is 9.30. The van der Waals surface area contributed by atoms with Crippen LogP contribution in [-0.2, 0) is 19.1 Å². The maximum Gasteiger partial charge on any atom is 0.343 e. The molecule has 10 heteroatoms. The van der Waals surface area contributed by atoms with Crippen LogP contribution in [0.1, 0.15) is 19.3 Å². The van der Waals surface area contributed by atoms with Gasteiger partial charge in [-0.25, -0.2) is 0 Å². The largest absolute Gasteiger partial charge is 0.481 e. The minimum Gasteiger partial charge on any atom is -0.481 e. The van der Waals surface area contributed by atoms with Gasteiger partial charge in [-0.05, 0) is 37.0 Å². The smallest absolute Gasteiger partial charge is 0.343 e. The Labute approximate surface area is 176 Å². The minimum atomic E-state index is -1.11. The third-order valence-electron chi connectivity index (χ3n) is 8.26. The standard InChI is InChI=1S/C21H21N3O7/c25-12-6-11-17(18(19(12)28)24(29)30)22-20-16-10-5-14-21(11,20)2-3-23(14)8-9(10)1-4-31-13(16)7-15(26)27/h1,6,10,13-14,16,20,22H,2-5,7-8H2,(H,26,27)/t10-,13-,14-,16-,20-,21?/m0/s1. The number of ether oxygens (including phenoxy) is 1. The second kappa shape index (κ2) is 6.10. The Kier molecular flexibility index (Phi) is 3.72. The van der Waals surface area contributed by atoms with Crippen molar-refractivity contribution in [2.75, 3.05) is 19.7 Å². The van der Waals surface area contributed by atoms with Crippen molar-refractivity contribution in [2.24, 2.45) is 17.3 Å². The molecule has 31 heavy (non-hydrogen) atoms. The van der Waals surface area contributed by atoms with Gasteiger partial charge in [-0.3, -0.25) is 29.4 Å². The van der Waals surface area contributed by atoms with Gasteiger partial charge in [0.15, 0.2) is 0 Å². The predicted molar refractivity (Wildman–Crippen MR) is 103 cm³/mol. The lowest BCUT2D eigenvalue weighted by Gasteiger charge is -2.55. The van der Waals surface area contributed by atoms with Gasteiger partial charge in [0.1, 0.15) is 5.70 Å². The fourth-order valence-corrected chi connectivity index (χ4v) is 7.23. The molecular weight excluding hydrogens is 406 g/mol. The van der Waals surface area contributed by atoms with Crippen molar-refractivity contribution >= 4 is 17.5 Å². The molecule has 3 saturated heterocycles. The summed E-state index contributed by atoms with van der Waals surface area (Å²) in [6.07, 6.45) is 4.09. The van der Waals surface area contributed by atoms with E-state index in [4.69, 9.17) is 4.74 Å². The molecule has 1 spiro atoms. The van der Waals surface area contributed by atoms with Gasteiger partial charge in [0.05, 0.1) is 24.1 Å². The van der Waals surface area contributed by atoms with Crippen molar-refractivity contribution in [1.82, 2.24) is 10.2 Å². The average molecular weight is 427 g/mol. The summed E-state index contributed by atoms with van der Waals surface area (Å²) in [6, 6.07) is -0.271. The van der Waals surface area contributed by atoms with Crippen LogP contribution in [0.2, 0.25) is 0 Å². The van der Waals surface area contributed by atoms with Crippen molar-refractivity contribution in [3.05, 3.63) is 44.8 Å². The number of carboxylic acid groups (broad SMARTS) is 1. The van der Waals surface area contributed by atoms with Gasteiger partial charge >= 0.3 is 17.4 Å². The van der Waals surface area contributed by atoms with Crippen LogP contribution in [0.4, 0.5) is 0 Å². The summed E-state index contributed by atoms with van der Waals surface area (Å²) in [7, 11) is 0. The van der Waals surface area contributed by atoms with Gasteiger partial charge in [0, 0.05) is 30.0 Å². The van der Waals surface area contributed by atoms with E-state index in [1.165, 1.54) is 11.6 Å². The zero-order chi connectivity index (χ0) is 21.7. The van der Waals surface area contributed by atoms with Crippen LogP contribution >= 0.6 is 0 Å². The number of nitrogens with one attached hydrogen (secondary N) is 1. The van der Waals surface area contributed by atoms with Gasteiger partial charge in [-0.1, -0.05) is 11.6 Å². The molecular formula is C21H21N3O7. The zero-order valence-electron chi connectivity index (χ0n) is 16.6. The number of rotatable bonds is 3. The van der Waals surface area contributed by atoms with Crippen LogP contribution in [0.3, 0.4) is 0 Å². The van der Waals surface area contributed by atoms with E-state index in [0.29, 0.717) is 18.6 Å². The third-order valence-corrected chi connectivity index (χ3v) is 8.26. The molecule has 6 rings (SSSR count). The molecule has 2 N–H and O–H groups in total. The van der Waals surface area contributed by atoms with Crippen molar-refractivity contribution in [2.45, 2.75) is 37.5 Å². The molecule has 0 radical (unpaired) electrons. The summed E-state index contributed by atoms with van der Waals surface area (Å²) in [4.78, 5) is 49.8. The van der Waals surface area contributed by atoms with E-state index in [9.17, 15) is 29.6 Å². The van der Waals surface area contributed by atoms with Crippen LogP contribution in [0, 0.1) is 27.4 Å². The van der Waals surface area contributed by atoms with Crippen LogP contribution in [0.15, 0.2) is 34.7 Å². The molecule has 4 aliphatic heterocycles. The number of allylic oxidation sites excluding steroid dienone is 3. The number of hydrogen-bond acceptors (Lipinski definition) is 8. The number of aliphatic carboxylic acids is 1. The maximum atomic E-state index is 12.4. The first-order chi connectivity index (χ1) is 14.8. The molecule has 0 aromatic carbocycles. The summed E-state index contributed by atoms with van der Waals surface area (Å²) in [5.41, 5.74) is 0.637. The van der Waals surface area contributed by atoms with Crippen LogP contribution in [0.25, 0.3) is 0 Å². The molecule has 2 aliphatic carbocycles. The molecule has 0 amide bonds. The molecule has 162 valence electrons. The summed E-state index contributed by atoms with van der Waals surface area (Å²) in [5, 5.41) is 24.6. The highest BCUT2D eigenvalue weighted by atomic mass is 16.6. The number of hydrogen-bond donors (Lipinski definition) is 2. The Morgan fingerprint density at radius 1 is 1.42 bits per heavy atom. The first-order valence-electron chi connectivity index (χ1n) is 10.6. The number of carboxylic acids is 1. The summed E-state index contributed by atoms with van der Waals surface area (Å²) >= 11 is 0. The molecule has 0 aromatic rings. The molecule has 0 aromatic heterocycles. The number of piperidine rings is 1. The van der Waals surface area contributed by atoms with Gasteiger partial charge in [0.2, 0.25) is 5.78 Å². The highest BCUT2D eigenvalue weighted by Gasteiger charge is 2.69. The van der Waals surface area contributed by atoms with E-state index in [1.54, 1.807) is 0 Å². The molecule has 10 nitrogen and oxygen atoms in total. The number of ketones is 2. The Bertz CT molecular complexity index is 1060. The van der Waals surface area contributed by atoms with E-state index in [-0.39, 0.29) is 36.0 Å². The monoisotopic (exact) mass is 427 g/mol. The Hall–Kier alpha value is -2.85. The van der Waals surface area contributed by atoms with Crippen molar-refractivity contribution in [1.29, 1.82) is 0 Å². The van der Waals surface area contributed by atoms with Gasteiger partial charge in [-0.15, -0.1) is 0 Å². The number of nitro groups is 1. The zero-order valence-corrected chi connectivity index (χ0v) is 16.6. The molecule has 4 heterocycles. The summed E-state index contributed by atoms with van der Waals surface area (Å²) in [6.45, 7) is 1.87. The molecule has 6 aliphatic rings. The first kappa shape index (κ1) is 18.9. The lowest BCUT2D eigenvalue weighted by molar-refractivity contribution is -0.419. The summed E-state index contributed by atoms with van der Waals surface area (Å²) < 4.78 is 6.00. The Balaban J connectivity index is 1.57. The van der Waals surface area contributed by atoms with Gasteiger partial charge in [-0.2, -0.15) is 0 Å². The second-order valence-electron chi connectivity index (χ2n) is 9.30. The van der Waals surface area contributed by atoms with Crippen molar-refractivity contribution in [3.8, 4) is 0 Å². The van der Waals surface area contributed by atoms with E-state index < -0.39 is 39.7 Å². The number of carbonyl (C=O) groups excluding carboxylic acids is 2. The van der Waals surface area contributed by atoms with E-state index in [2.05, 4.69) is 16.3 Å². The van der Waals surface area contributed by atoms with Crippen molar-refractivity contribution < 1.29 is 29.2 Å². The number of fused-ring (bicyclic) bond motifs is 2. The predicted octanol–water partition coefficient (Wildman–Crippen LogP) is 0.0350. The van der Waals surface area contributed by atoms with E-state index >= 15 is 0 Å². The van der Waals surface area contributed by atoms with Crippen molar-refractivity contribution in [3.63, 3.8) is 0 Å². The molecule has 2 bridgehead atoms. The van der Waals surface area contributed by atoms with Gasteiger partial charge < -0.3 is 15.2 Å². The Morgan fingerprint density at radius 3 is 2.97 bits per heavy atom. The highest BCUT2D eigenvalue weighted by Crippen LogP contribution is 2.64. The molecule has 4 fully saturated rings. The van der Waals surface area contributed by atoms with E-state index in [1.807, 2.05) is 0 Å². The molecule has 1 unspecified atom stereocenters. The minimum absolute atomic E-state index is 0.0738. The third kappa shape index (κ3) is 2.26. The summed E-state index contributed by atoms with van der Waals surface area (Å²) in [5.74, 6) is -3.05.